The first-order chi connectivity index (χ1) is 20.8. The Kier molecular flexibility index (Phi) is 4.27. The molecule has 10 rings (SSSR count). The molecule has 0 nitrogen and oxygen atoms in total. The third kappa shape index (κ3) is 2.86. The predicted molar refractivity (Wildman–Crippen MR) is 184 cm³/mol. The molecule has 0 unspecified atom stereocenters. The minimum Gasteiger partial charge on any atom is -0.0616 e. The Morgan fingerprint density at radius 3 is 0.690 bits per heavy atom. The maximum Gasteiger partial charge on any atom is -0.00139 e. The molecule has 0 radical (unpaired) electrons. The quantitative estimate of drug-likeness (QED) is 0.172. The smallest absolute Gasteiger partial charge is 0.00139 e. The van der Waals surface area contributed by atoms with Crippen LogP contribution in [-0.2, 0) is 0 Å². The van der Waals surface area contributed by atoms with Crippen molar-refractivity contribution in [2.75, 3.05) is 0 Å². The first-order valence-corrected chi connectivity index (χ1v) is 14.7. The van der Waals surface area contributed by atoms with E-state index in [1.807, 2.05) is 0 Å². The molecule has 0 aliphatic heterocycles. The van der Waals surface area contributed by atoms with Gasteiger partial charge in [0.05, 0.1) is 0 Å². The molecule has 0 saturated carbocycles. The third-order valence-electron chi connectivity index (χ3n) is 9.52. The Morgan fingerprint density at radius 2 is 0.381 bits per heavy atom. The average Bonchev–Trinajstić information content (AvgIpc) is 3.06. The normalized spacial score (nSPS) is 12.3. The second-order valence-electron chi connectivity index (χ2n) is 11.7. The third-order valence-corrected chi connectivity index (χ3v) is 9.52. The van der Waals surface area contributed by atoms with E-state index in [2.05, 4.69) is 146 Å². The summed E-state index contributed by atoms with van der Waals surface area (Å²) in [6.07, 6.45) is 0. The van der Waals surface area contributed by atoms with Crippen molar-refractivity contribution >= 4 is 97.0 Å². The van der Waals surface area contributed by atoms with Gasteiger partial charge in [0.2, 0.25) is 0 Å². The van der Waals surface area contributed by atoms with Crippen LogP contribution in [0.1, 0.15) is 0 Å². The molecule has 0 spiro atoms. The molecular weight excluding hydrogens is 504 g/mol. The summed E-state index contributed by atoms with van der Waals surface area (Å²) < 4.78 is 0. The van der Waals surface area contributed by atoms with Crippen molar-refractivity contribution in [1.29, 1.82) is 0 Å². The number of rotatable bonds is 0. The second-order valence-corrected chi connectivity index (χ2v) is 11.7. The highest BCUT2D eigenvalue weighted by atomic mass is 14.2. The molecule has 0 fully saturated rings. The molecule has 0 aliphatic rings. The summed E-state index contributed by atoms with van der Waals surface area (Å²) in [4.78, 5) is 0. The lowest BCUT2D eigenvalue weighted by Gasteiger charge is -2.17. The Bertz CT molecular complexity index is 2560. The number of fused-ring (bicyclic) bond motifs is 17. The van der Waals surface area contributed by atoms with Gasteiger partial charge in [0.1, 0.15) is 0 Å². The topological polar surface area (TPSA) is 0 Å². The highest BCUT2D eigenvalue weighted by Gasteiger charge is 2.16. The van der Waals surface area contributed by atoms with Crippen molar-refractivity contribution in [3.05, 3.63) is 146 Å². The maximum atomic E-state index is 2.31. The number of hydrogen-bond donors (Lipinski definition) is 0. The van der Waals surface area contributed by atoms with Gasteiger partial charge in [0, 0.05) is 0 Å². The summed E-state index contributed by atoms with van der Waals surface area (Å²) in [5.74, 6) is 0. The van der Waals surface area contributed by atoms with Crippen molar-refractivity contribution in [1.82, 2.24) is 0 Å². The van der Waals surface area contributed by atoms with Crippen molar-refractivity contribution in [3.63, 3.8) is 0 Å². The van der Waals surface area contributed by atoms with Gasteiger partial charge in [-0.2, -0.15) is 0 Å². The highest BCUT2D eigenvalue weighted by Crippen LogP contribution is 2.45. The van der Waals surface area contributed by atoms with Crippen LogP contribution in [0.15, 0.2) is 146 Å². The molecular formula is C42H24. The molecule has 0 heterocycles. The van der Waals surface area contributed by atoms with E-state index in [-0.39, 0.29) is 0 Å². The van der Waals surface area contributed by atoms with E-state index in [1.165, 1.54) is 97.0 Å². The summed E-state index contributed by atoms with van der Waals surface area (Å²) in [7, 11) is 0. The zero-order valence-electron chi connectivity index (χ0n) is 22.9. The monoisotopic (exact) mass is 528 g/mol. The molecule has 0 saturated heterocycles. The Hall–Kier alpha value is -5.46. The summed E-state index contributed by atoms with van der Waals surface area (Å²) in [6.45, 7) is 0. The van der Waals surface area contributed by atoms with Crippen LogP contribution in [0.4, 0.5) is 0 Å². The van der Waals surface area contributed by atoms with Crippen LogP contribution in [0.2, 0.25) is 0 Å². The molecule has 10 aromatic carbocycles. The van der Waals surface area contributed by atoms with Gasteiger partial charge in [-0.1, -0.05) is 146 Å². The molecule has 0 atom stereocenters. The van der Waals surface area contributed by atoms with E-state index in [0.29, 0.717) is 0 Å². The molecule has 10 aromatic rings. The van der Waals surface area contributed by atoms with Crippen LogP contribution < -0.4 is 0 Å². The Labute approximate surface area is 242 Å². The fraction of sp³-hybridized carbons (Fsp3) is 0. The lowest BCUT2D eigenvalue weighted by Crippen LogP contribution is -1.88. The first-order valence-electron chi connectivity index (χ1n) is 14.7. The first kappa shape index (κ1) is 22.3. The minimum absolute atomic E-state index is 1.28. The number of hydrogen-bond acceptors (Lipinski definition) is 0. The Morgan fingerprint density at radius 1 is 0.167 bits per heavy atom. The standard InChI is InChI=1S/C42H24/c1-3-7-34-25(5-1)9-11-27-13-15-29-17-19-31-21-23-33-24-22-32-20-18-30-16-14-28-12-10-26-6-2-4-8-35(26)37(28)39(30)41(32)42(33)40(31)38(29)36(27)34/h1-24H. The molecule has 42 heavy (non-hydrogen) atoms. The summed E-state index contributed by atoms with van der Waals surface area (Å²) in [5.41, 5.74) is 0. The SMILES string of the molecule is c1ccc2c(c1)ccc1ccc3ccc4ccc5ccc6ccc7ccc8ccc9ccccc9c8c7c6c5c4c3c12. The summed E-state index contributed by atoms with van der Waals surface area (Å²) in [5, 5.41) is 23.6. The van der Waals surface area contributed by atoms with Crippen LogP contribution in [0.3, 0.4) is 0 Å². The Balaban J connectivity index is 1.58. The largest absolute Gasteiger partial charge is 0.0616 e. The van der Waals surface area contributed by atoms with Crippen molar-refractivity contribution in [2.45, 2.75) is 0 Å². The molecule has 192 valence electrons. The van der Waals surface area contributed by atoms with Gasteiger partial charge >= 0.3 is 0 Å². The van der Waals surface area contributed by atoms with Gasteiger partial charge in [0.25, 0.3) is 0 Å². The second kappa shape index (κ2) is 8.06. The van der Waals surface area contributed by atoms with Crippen molar-refractivity contribution in [2.24, 2.45) is 0 Å². The van der Waals surface area contributed by atoms with E-state index in [0.717, 1.165) is 0 Å². The fourth-order valence-electron chi connectivity index (χ4n) is 7.67. The van der Waals surface area contributed by atoms with Gasteiger partial charge in [-0.25, -0.2) is 0 Å². The van der Waals surface area contributed by atoms with Crippen LogP contribution in [0.25, 0.3) is 97.0 Å². The molecule has 0 aromatic heterocycles. The van der Waals surface area contributed by atoms with Crippen LogP contribution in [0.5, 0.6) is 0 Å². The lowest BCUT2D eigenvalue weighted by atomic mass is 9.86. The van der Waals surface area contributed by atoms with E-state index >= 15 is 0 Å². The van der Waals surface area contributed by atoms with Crippen LogP contribution >= 0.6 is 0 Å². The van der Waals surface area contributed by atoms with Gasteiger partial charge in [-0.05, 0) is 97.0 Å². The van der Waals surface area contributed by atoms with Crippen molar-refractivity contribution in [3.8, 4) is 0 Å². The van der Waals surface area contributed by atoms with E-state index in [4.69, 9.17) is 0 Å². The average molecular weight is 529 g/mol. The minimum atomic E-state index is 1.28. The maximum absolute atomic E-state index is 2.31. The van der Waals surface area contributed by atoms with Crippen LogP contribution in [0, 0.1) is 0 Å². The van der Waals surface area contributed by atoms with Crippen LogP contribution in [-0.4, -0.2) is 0 Å². The summed E-state index contributed by atoms with van der Waals surface area (Å²) >= 11 is 0. The van der Waals surface area contributed by atoms with E-state index in [9.17, 15) is 0 Å². The van der Waals surface area contributed by atoms with Crippen molar-refractivity contribution < 1.29 is 0 Å². The zero-order valence-corrected chi connectivity index (χ0v) is 22.9. The van der Waals surface area contributed by atoms with E-state index < -0.39 is 0 Å². The number of benzene rings is 10. The van der Waals surface area contributed by atoms with E-state index in [1.54, 1.807) is 0 Å². The highest BCUT2D eigenvalue weighted by molar-refractivity contribution is 6.40. The zero-order chi connectivity index (χ0) is 27.4. The molecule has 0 bridgehead atoms. The molecule has 0 N–H and O–H groups in total. The predicted octanol–water partition coefficient (Wildman–Crippen LogP) is 12.1. The lowest BCUT2D eigenvalue weighted by molar-refractivity contribution is 1.79. The van der Waals surface area contributed by atoms with Gasteiger partial charge < -0.3 is 0 Å². The fourth-order valence-corrected chi connectivity index (χ4v) is 7.67. The van der Waals surface area contributed by atoms with Gasteiger partial charge in [-0.15, -0.1) is 0 Å². The summed E-state index contributed by atoms with van der Waals surface area (Å²) in [6, 6.07) is 54.4. The molecule has 0 aliphatic carbocycles. The molecule has 0 amide bonds. The van der Waals surface area contributed by atoms with Gasteiger partial charge in [-0.3, -0.25) is 0 Å². The van der Waals surface area contributed by atoms with Gasteiger partial charge in [0.15, 0.2) is 0 Å². The molecule has 0 heteroatoms.